The van der Waals surface area contributed by atoms with E-state index in [1.807, 2.05) is 0 Å². The largest absolute Gasteiger partial charge is 0.315 e. The Balaban J connectivity index is 0.00000242. The van der Waals surface area contributed by atoms with Crippen LogP contribution >= 0.6 is 28.3 Å². The first-order valence-electron chi connectivity index (χ1n) is 6.49. The van der Waals surface area contributed by atoms with Crippen LogP contribution in [0.25, 0.3) is 0 Å². The molecular weight excluding hydrogens is 398 g/mol. The van der Waals surface area contributed by atoms with Crippen molar-refractivity contribution >= 4 is 44.0 Å². The van der Waals surface area contributed by atoms with Gasteiger partial charge in [-0.15, -0.1) is 12.4 Å². The maximum atomic E-state index is 12.4. The average Bonchev–Trinajstić information content (AvgIpc) is 2.41. The molecule has 1 aromatic rings. The fraction of sp³-hybridized carbons (Fsp3) is 0.500. The molecule has 1 aliphatic heterocycles. The molecule has 1 aromatic carbocycles. The molecule has 0 spiro atoms. The number of sulfonamides is 1. The van der Waals surface area contributed by atoms with Crippen molar-refractivity contribution in [1.82, 2.24) is 10.0 Å². The van der Waals surface area contributed by atoms with E-state index in [0.29, 0.717) is 16.6 Å². The summed E-state index contributed by atoms with van der Waals surface area (Å²) in [5, 5.41) is 14.1. The van der Waals surface area contributed by atoms with Crippen LogP contribution in [0, 0.1) is 17.0 Å². The lowest BCUT2D eigenvalue weighted by molar-refractivity contribution is -0.385. The minimum atomic E-state index is -3.78. The first-order chi connectivity index (χ1) is 9.81. The van der Waals surface area contributed by atoms with Gasteiger partial charge in [-0.25, -0.2) is 13.1 Å². The molecule has 2 rings (SSSR count). The third-order valence-electron chi connectivity index (χ3n) is 3.42. The van der Waals surface area contributed by atoms with Crippen LogP contribution in [0.4, 0.5) is 5.69 Å². The second-order valence-corrected chi connectivity index (χ2v) is 7.54. The molecule has 1 heterocycles. The summed E-state index contributed by atoms with van der Waals surface area (Å²) in [6, 6.07) is 2.29. The van der Waals surface area contributed by atoms with E-state index in [0.717, 1.165) is 25.5 Å². The minimum Gasteiger partial charge on any atom is -0.315 e. The molecule has 10 heteroatoms. The van der Waals surface area contributed by atoms with Crippen LogP contribution in [0.5, 0.6) is 0 Å². The number of piperidine rings is 1. The van der Waals surface area contributed by atoms with Crippen LogP contribution in [-0.2, 0) is 10.0 Å². The van der Waals surface area contributed by atoms with Crippen molar-refractivity contribution in [2.75, 3.05) is 13.1 Å². The van der Waals surface area contributed by atoms with Gasteiger partial charge in [0.2, 0.25) is 10.0 Å². The van der Waals surface area contributed by atoms with Gasteiger partial charge >= 0.3 is 0 Å². The number of nitrogens with one attached hydrogen (secondary N) is 2. The van der Waals surface area contributed by atoms with E-state index in [9.17, 15) is 18.5 Å². The quantitative estimate of drug-likeness (QED) is 0.580. The zero-order valence-corrected chi connectivity index (χ0v) is 15.1. The van der Waals surface area contributed by atoms with Crippen LogP contribution in [0.3, 0.4) is 0 Å². The summed E-state index contributed by atoms with van der Waals surface area (Å²) in [5.74, 6) is 0. The Hall–Kier alpha value is -0.740. The molecule has 0 bridgehead atoms. The Labute approximate surface area is 143 Å². The summed E-state index contributed by atoms with van der Waals surface area (Å²) < 4.78 is 27.7. The normalized spacial score (nSPS) is 18.5. The Kier molecular flexibility index (Phi) is 6.75. The Morgan fingerprint density at radius 3 is 2.68 bits per heavy atom. The third-order valence-corrected chi connectivity index (χ3v) is 5.74. The number of nitro groups is 1. The summed E-state index contributed by atoms with van der Waals surface area (Å²) in [6.45, 7) is 3.01. The molecule has 0 amide bonds. The minimum absolute atomic E-state index is 0. The van der Waals surface area contributed by atoms with Crippen LogP contribution in [0.2, 0.25) is 0 Å². The fourth-order valence-electron chi connectivity index (χ4n) is 2.22. The summed E-state index contributed by atoms with van der Waals surface area (Å²) >= 11 is 3.17. The molecule has 1 fully saturated rings. The second-order valence-electron chi connectivity index (χ2n) is 4.97. The first kappa shape index (κ1) is 19.3. The van der Waals surface area contributed by atoms with Crippen molar-refractivity contribution in [1.29, 1.82) is 0 Å². The lowest BCUT2D eigenvalue weighted by Gasteiger charge is -2.23. The maximum Gasteiger partial charge on any atom is 0.274 e. The smallest absolute Gasteiger partial charge is 0.274 e. The molecule has 22 heavy (non-hydrogen) atoms. The highest BCUT2D eigenvalue weighted by Gasteiger charge is 2.25. The number of nitrogens with zero attached hydrogens (tertiary/aromatic N) is 1. The predicted molar refractivity (Wildman–Crippen MR) is 89.0 cm³/mol. The summed E-state index contributed by atoms with van der Waals surface area (Å²) in [6.07, 6.45) is 1.65. The predicted octanol–water partition coefficient (Wildman–Crippen LogP) is 2.12. The second kappa shape index (κ2) is 7.69. The van der Waals surface area contributed by atoms with Gasteiger partial charge in [-0.3, -0.25) is 10.1 Å². The standard InChI is InChI=1S/C12H16BrN3O4S.ClH/c1-8-11(13)5-10(6-12(8)16(17)18)21(19,20)15-9-3-2-4-14-7-9;/h5-6,9,14-15H,2-4,7H2,1H3;1H. The lowest BCUT2D eigenvalue weighted by atomic mass is 10.1. The molecule has 2 N–H and O–H groups in total. The molecule has 124 valence electrons. The molecular formula is C12H17BrClN3O4S. The van der Waals surface area contributed by atoms with Crippen molar-refractivity contribution in [3.05, 3.63) is 32.3 Å². The molecule has 1 aliphatic rings. The molecule has 1 saturated heterocycles. The summed E-state index contributed by atoms with van der Waals surface area (Å²) in [4.78, 5) is 10.3. The molecule has 1 unspecified atom stereocenters. The fourth-order valence-corrected chi connectivity index (χ4v) is 4.14. The van der Waals surface area contributed by atoms with Gasteiger partial charge in [-0.2, -0.15) is 0 Å². The number of nitro benzene ring substituents is 1. The van der Waals surface area contributed by atoms with Crippen LogP contribution in [0.1, 0.15) is 18.4 Å². The van der Waals surface area contributed by atoms with E-state index < -0.39 is 14.9 Å². The van der Waals surface area contributed by atoms with Gasteiger partial charge in [0.15, 0.2) is 0 Å². The van der Waals surface area contributed by atoms with Gasteiger partial charge in [0.25, 0.3) is 5.69 Å². The topological polar surface area (TPSA) is 101 Å². The molecule has 0 saturated carbocycles. The van der Waals surface area contributed by atoms with E-state index in [4.69, 9.17) is 0 Å². The van der Waals surface area contributed by atoms with Crippen molar-refractivity contribution in [2.24, 2.45) is 0 Å². The Bertz CT molecular complexity index is 663. The summed E-state index contributed by atoms with van der Waals surface area (Å²) in [7, 11) is -3.78. The number of hydrogen-bond donors (Lipinski definition) is 2. The molecule has 1 atom stereocenters. The average molecular weight is 415 g/mol. The molecule has 0 radical (unpaired) electrons. The van der Waals surface area contributed by atoms with Crippen LogP contribution in [0.15, 0.2) is 21.5 Å². The highest BCUT2D eigenvalue weighted by atomic mass is 79.9. The van der Waals surface area contributed by atoms with Crippen LogP contribution in [-0.4, -0.2) is 32.5 Å². The van der Waals surface area contributed by atoms with E-state index in [2.05, 4.69) is 26.0 Å². The van der Waals surface area contributed by atoms with Crippen LogP contribution < -0.4 is 10.0 Å². The summed E-state index contributed by atoms with van der Waals surface area (Å²) in [5.41, 5.74) is 0.185. The van der Waals surface area contributed by atoms with Crippen molar-refractivity contribution < 1.29 is 13.3 Å². The van der Waals surface area contributed by atoms with E-state index in [-0.39, 0.29) is 29.0 Å². The van der Waals surface area contributed by atoms with Gasteiger partial charge in [-0.1, -0.05) is 15.9 Å². The first-order valence-corrected chi connectivity index (χ1v) is 8.76. The Morgan fingerprint density at radius 1 is 1.45 bits per heavy atom. The molecule has 0 aliphatic carbocycles. The number of benzene rings is 1. The van der Waals surface area contributed by atoms with Gasteiger partial charge in [0, 0.05) is 28.7 Å². The Morgan fingerprint density at radius 2 is 2.14 bits per heavy atom. The highest BCUT2D eigenvalue weighted by Crippen LogP contribution is 2.30. The van der Waals surface area contributed by atoms with Crippen molar-refractivity contribution in [3.63, 3.8) is 0 Å². The number of rotatable bonds is 4. The SMILES string of the molecule is Cc1c(Br)cc(S(=O)(=O)NC2CCCNC2)cc1[N+](=O)[O-].Cl. The number of hydrogen-bond acceptors (Lipinski definition) is 5. The van der Waals surface area contributed by atoms with Gasteiger partial charge < -0.3 is 5.32 Å². The monoisotopic (exact) mass is 413 g/mol. The highest BCUT2D eigenvalue weighted by molar-refractivity contribution is 9.10. The molecule has 0 aromatic heterocycles. The lowest BCUT2D eigenvalue weighted by Crippen LogP contribution is -2.45. The zero-order chi connectivity index (χ0) is 15.6. The number of halogens is 2. The zero-order valence-electron chi connectivity index (χ0n) is 11.8. The maximum absolute atomic E-state index is 12.4. The van der Waals surface area contributed by atoms with E-state index >= 15 is 0 Å². The van der Waals surface area contributed by atoms with Crippen molar-refractivity contribution in [2.45, 2.75) is 30.7 Å². The van der Waals surface area contributed by atoms with E-state index in [1.165, 1.54) is 6.07 Å². The van der Waals surface area contributed by atoms with E-state index in [1.54, 1.807) is 6.92 Å². The van der Waals surface area contributed by atoms with Gasteiger partial charge in [-0.05, 0) is 32.4 Å². The molecule has 7 nitrogen and oxygen atoms in total. The van der Waals surface area contributed by atoms with Gasteiger partial charge in [0.05, 0.1) is 9.82 Å². The third kappa shape index (κ3) is 4.39. The van der Waals surface area contributed by atoms with Gasteiger partial charge in [0.1, 0.15) is 0 Å². The van der Waals surface area contributed by atoms with Crippen molar-refractivity contribution in [3.8, 4) is 0 Å².